The standard InChI is InChI=1S/C22H25Br2N3O2/c1-14(28)22(26-8-6-25(7-9-26)12-17-13-29-17)27-20-4-2-15(23)10-18(20)19-11-16(24)3-5-21(19)27/h2-5,10-11,14,17,22,28H,6-9,12-13H2,1H3. The molecule has 5 nitrogen and oxygen atoms in total. The van der Waals surface area contributed by atoms with Gasteiger partial charge in [-0.05, 0) is 43.3 Å². The maximum Gasteiger partial charge on any atom is 0.113 e. The molecular weight excluding hydrogens is 498 g/mol. The summed E-state index contributed by atoms with van der Waals surface area (Å²) in [6.07, 6.45) is -0.153. The molecule has 5 rings (SSSR count). The molecule has 3 atom stereocenters. The van der Waals surface area contributed by atoms with Gasteiger partial charge in [-0.1, -0.05) is 31.9 Å². The lowest BCUT2D eigenvalue weighted by molar-refractivity contribution is -0.00627. The molecule has 3 aromatic rings. The number of aliphatic hydroxyl groups is 1. The van der Waals surface area contributed by atoms with Crippen LogP contribution in [0.3, 0.4) is 0 Å². The van der Waals surface area contributed by atoms with E-state index in [-0.39, 0.29) is 6.17 Å². The van der Waals surface area contributed by atoms with Crippen LogP contribution in [-0.4, -0.2) is 71.0 Å². The summed E-state index contributed by atoms with van der Waals surface area (Å²) in [6.45, 7) is 7.75. The third-order valence-corrected chi connectivity index (χ3v) is 7.05. The summed E-state index contributed by atoms with van der Waals surface area (Å²) in [5.74, 6) is 0. The number of aliphatic hydroxyl groups excluding tert-OH is 1. The number of nitrogens with zero attached hydrogens (tertiary/aromatic N) is 3. The van der Waals surface area contributed by atoms with Crippen LogP contribution in [-0.2, 0) is 4.74 Å². The van der Waals surface area contributed by atoms with Crippen LogP contribution >= 0.6 is 31.9 Å². The first-order valence-corrected chi connectivity index (χ1v) is 11.7. The van der Waals surface area contributed by atoms with Crippen LogP contribution in [0.15, 0.2) is 45.3 Å². The molecule has 0 radical (unpaired) electrons. The van der Waals surface area contributed by atoms with Gasteiger partial charge in [-0.2, -0.15) is 0 Å². The van der Waals surface area contributed by atoms with Crippen molar-refractivity contribution >= 4 is 53.7 Å². The van der Waals surface area contributed by atoms with Crippen molar-refractivity contribution in [2.75, 3.05) is 39.3 Å². The molecule has 2 fully saturated rings. The van der Waals surface area contributed by atoms with Crippen molar-refractivity contribution in [2.45, 2.75) is 25.3 Å². The molecule has 7 heteroatoms. The van der Waals surface area contributed by atoms with Crippen LogP contribution in [0, 0.1) is 0 Å². The van der Waals surface area contributed by atoms with Crippen molar-refractivity contribution in [1.29, 1.82) is 0 Å². The Kier molecular flexibility index (Phi) is 5.47. The average Bonchev–Trinajstić information content (AvgIpc) is 3.46. The minimum Gasteiger partial charge on any atom is -0.390 e. The maximum absolute atomic E-state index is 10.9. The summed E-state index contributed by atoms with van der Waals surface area (Å²) in [7, 11) is 0. The number of rotatable bonds is 5. The molecule has 29 heavy (non-hydrogen) atoms. The van der Waals surface area contributed by atoms with E-state index in [1.54, 1.807) is 0 Å². The van der Waals surface area contributed by atoms with E-state index in [0.717, 1.165) is 59.3 Å². The molecule has 154 valence electrons. The zero-order valence-electron chi connectivity index (χ0n) is 16.4. The van der Waals surface area contributed by atoms with E-state index in [0.29, 0.717) is 6.10 Å². The quantitative estimate of drug-likeness (QED) is 0.510. The number of hydrogen-bond donors (Lipinski definition) is 1. The Hall–Kier alpha value is -0.960. The molecule has 3 unspecified atom stereocenters. The number of hydrogen-bond acceptors (Lipinski definition) is 4. The topological polar surface area (TPSA) is 44.2 Å². The number of ether oxygens (including phenoxy) is 1. The predicted molar refractivity (Wildman–Crippen MR) is 123 cm³/mol. The third-order valence-electron chi connectivity index (χ3n) is 6.07. The van der Waals surface area contributed by atoms with E-state index < -0.39 is 6.10 Å². The van der Waals surface area contributed by atoms with Crippen LogP contribution in [0.2, 0.25) is 0 Å². The van der Waals surface area contributed by atoms with Gasteiger partial charge in [-0.15, -0.1) is 0 Å². The summed E-state index contributed by atoms with van der Waals surface area (Å²) in [5.41, 5.74) is 2.31. The molecule has 0 aliphatic carbocycles. The van der Waals surface area contributed by atoms with Crippen LogP contribution < -0.4 is 0 Å². The highest BCUT2D eigenvalue weighted by Gasteiger charge is 2.33. The zero-order chi connectivity index (χ0) is 20.1. The van der Waals surface area contributed by atoms with Crippen molar-refractivity contribution in [1.82, 2.24) is 14.4 Å². The lowest BCUT2D eigenvalue weighted by Crippen LogP contribution is -2.51. The van der Waals surface area contributed by atoms with E-state index >= 15 is 0 Å². The first-order valence-electron chi connectivity index (χ1n) is 10.2. The molecular formula is C22H25Br2N3O2. The Morgan fingerprint density at radius 3 is 2.03 bits per heavy atom. The molecule has 2 aliphatic heterocycles. The second-order valence-corrected chi connectivity index (χ2v) is 9.97. The molecule has 1 aromatic heterocycles. The largest absolute Gasteiger partial charge is 0.390 e. The lowest BCUT2D eigenvalue weighted by atomic mass is 10.2. The van der Waals surface area contributed by atoms with Gasteiger partial charge in [0.2, 0.25) is 0 Å². The van der Waals surface area contributed by atoms with E-state index in [9.17, 15) is 5.11 Å². The van der Waals surface area contributed by atoms with Crippen molar-refractivity contribution in [3.05, 3.63) is 45.3 Å². The van der Waals surface area contributed by atoms with E-state index in [1.165, 1.54) is 10.8 Å². The smallest absolute Gasteiger partial charge is 0.113 e. The van der Waals surface area contributed by atoms with Crippen LogP contribution in [0.25, 0.3) is 21.8 Å². The first-order chi connectivity index (χ1) is 14.0. The zero-order valence-corrected chi connectivity index (χ0v) is 19.6. The van der Waals surface area contributed by atoms with Crippen molar-refractivity contribution in [3.63, 3.8) is 0 Å². The molecule has 2 aliphatic rings. The predicted octanol–water partition coefficient (Wildman–Crippen LogP) is 4.22. The monoisotopic (exact) mass is 521 g/mol. The van der Waals surface area contributed by atoms with Gasteiger partial charge in [0.1, 0.15) is 6.17 Å². The summed E-state index contributed by atoms with van der Waals surface area (Å²) in [5, 5.41) is 13.3. The fraction of sp³-hybridized carbons (Fsp3) is 0.455. The van der Waals surface area contributed by atoms with Gasteiger partial charge in [0.15, 0.2) is 0 Å². The molecule has 0 amide bonds. The molecule has 3 heterocycles. The second-order valence-electron chi connectivity index (χ2n) is 8.14. The van der Waals surface area contributed by atoms with Gasteiger partial charge in [0, 0.05) is 52.4 Å². The minimum absolute atomic E-state index is 0.100. The highest BCUT2D eigenvalue weighted by Crippen LogP contribution is 2.37. The first kappa shape index (κ1) is 20.0. The number of fused-ring (bicyclic) bond motifs is 3. The number of benzene rings is 2. The Morgan fingerprint density at radius 1 is 1.00 bits per heavy atom. The SMILES string of the molecule is CC(O)C(N1CCN(CC2CO2)CC1)n1c2ccc(Br)cc2c2cc(Br)ccc21. The average molecular weight is 523 g/mol. The Balaban J connectivity index is 1.56. The normalized spacial score (nSPS) is 23.0. The van der Waals surface area contributed by atoms with Gasteiger partial charge < -0.3 is 14.4 Å². The van der Waals surface area contributed by atoms with Gasteiger partial charge in [0.25, 0.3) is 0 Å². The summed E-state index contributed by atoms with van der Waals surface area (Å²) >= 11 is 7.25. The van der Waals surface area contributed by atoms with Crippen molar-refractivity contribution in [2.24, 2.45) is 0 Å². The molecule has 2 aromatic carbocycles. The second kappa shape index (κ2) is 7.94. The fourth-order valence-electron chi connectivity index (χ4n) is 4.64. The number of halogens is 2. The van der Waals surface area contributed by atoms with Crippen LogP contribution in [0.4, 0.5) is 0 Å². The van der Waals surface area contributed by atoms with Crippen LogP contribution in [0.5, 0.6) is 0 Å². The molecule has 2 saturated heterocycles. The Morgan fingerprint density at radius 2 is 1.55 bits per heavy atom. The van der Waals surface area contributed by atoms with Gasteiger partial charge in [0.05, 0.1) is 29.8 Å². The summed E-state index contributed by atoms with van der Waals surface area (Å²) in [4.78, 5) is 4.91. The van der Waals surface area contributed by atoms with E-state index in [1.807, 2.05) is 6.92 Å². The van der Waals surface area contributed by atoms with Crippen LogP contribution in [0.1, 0.15) is 13.1 Å². The highest BCUT2D eigenvalue weighted by molar-refractivity contribution is 9.10. The highest BCUT2D eigenvalue weighted by atomic mass is 79.9. The number of epoxide rings is 1. The number of aromatic nitrogens is 1. The third kappa shape index (κ3) is 3.89. The molecule has 0 saturated carbocycles. The minimum atomic E-state index is -0.487. The molecule has 0 bridgehead atoms. The van der Waals surface area contributed by atoms with E-state index in [4.69, 9.17) is 4.74 Å². The van der Waals surface area contributed by atoms with Gasteiger partial charge in [-0.25, -0.2) is 0 Å². The Labute approximate surface area is 187 Å². The summed E-state index contributed by atoms with van der Waals surface area (Å²) in [6, 6.07) is 12.8. The molecule has 1 N–H and O–H groups in total. The van der Waals surface area contributed by atoms with Crippen molar-refractivity contribution < 1.29 is 9.84 Å². The lowest BCUT2D eigenvalue weighted by Gasteiger charge is -2.41. The van der Waals surface area contributed by atoms with E-state index in [2.05, 4.69) is 82.6 Å². The molecule has 0 spiro atoms. The Bertz CT molecular complexity index is 980. The fourth-order valence-corrected chi connectivity index (χ4v) is 5.36. The maximum atomic E-state index is 10.9. The summed E-state index contributed by atoms with van der Waals surface area (Å²) < 4.78 is 9.85. The van der Waals surface area contributed by atoms with Gasteiger partial charge >= 0.3 is 0 Å². The number of piperazine rings is 1. The van der Waals surface area contributed by atoms with Gasteiger partial charge in [-0.3, -0.25) is 9.80 Å². The van der Waals surface area contributed by atoms with Crippen molar-refractivity contribution in [3.8, 4) is 0 Å².